The van der Waals surface area contributed by atoms with Crippen LogP contribution < -0.4 is 24.8 Å². The monoisotopic (exact) mass is 437 g/mol. The molecule has 0 radical (unpaired) electrons. The van der Waals surface area contributed by atoms with Crippen molar-refractivity contribution >= 4 is 5.96 Å². The van der Waals surface area contributed by atoms with E-state index in [0.29, 0.717) is 42.5 Å². The van der Waals surface area contributed by atoms with E-state index < -0.39 is 6.61 Å². The molecule has 0 amide bonds. The summed E-state index contributed by atoms with van der Waals surface area (Å²) in [5, 5.41) is 6.51. The van der Waals surface area contributed by atoms with Gasteiger partial charge in [-0.15, -0.1) is 0 Å². The van der Waals surface area contributed by atoms with Gasteiger partial charge in [-0.25, -0.2) is 4.99 Å². The van der Waals surface area contributed by atoms with Crippen molar-refractivity contribution in [3.63, 3.8) is 0 Å². The minimum absolute atomic E-state index is 0.0112. The summed E-state index contributed by atoms with van der Waals surface area (Å²) in [4.78, 5) is 4.55. The van der Waals surface area contributed by atoms with Crippen LogP contribution in [0, 0.1) is 0 Å². The fourth-order valence-corrected chi connectivity index (χ4v) is 3.41. The Morgan fingerprint density at radius 3 is 2.84 bits per heavy atom. The molecule has 31 heavy (non-hydrogen) atoms. The molecule has 1 aromatic heterocycles. The number of guanidine groups is 1. The number of nitrogens with zero attached hydrogens (tertiary/aromatic N) is 1. The molecule has 1 saturated heterocycles. The van der Waals surface area contributed by atoms with Crippen LogP contribution in [0.15, 0.2) is 39.9 Å². The molecule has 10 heteroatoms. The van der Waals surface area contributed by atoms with Gasteiger partial charge in [0.15, 0.2) is 17.5 Å². The predicted octanol–water partition coefficient (Wildman–Crippen LogP) is 3.07. The van der Waals surface area contributed by atoms with Gasteiger partial charge in [-0.3, -0.25) is 0 Å². The number of aliphatic imine (C=N–C) groups is 1. The number of halogens is 2. The smallest absolute Gasteiger partial charge is 0.387 e. The van der Waals surface area contributed by atoms with Crippen LogP contribution in [0.2, 0.25) is 0 Å². The average molecular weight is 437 g/mol. The van der Waals surface area contributed by atoms with Crippen molar-refractivity contribution in [1.82, 2.24) is 10.6 Å². The van der Waals surface area contributed by atoms with E-state index >= 15 is 0 Å². The lowest BCUT2D eigenvalue weighted by Gasteiger charge is -2.16. The maximum Gasteiger partial charge on any atom is 0.387 e. The largest absolute Gasteiger partial charge is 0.469 e. The zero-order valence-electron chi connectivity index (χ0n) is 16.9. The van der Waals surface area contributed by atoms with Crippen molar-refractivity contribution < 1.29 is 32.1 Å². The zero-order chi connectivity index (χ0) is 21.5. The molecule has 1 atom stereocenters. The molecule has 0 aliphatic carbocycles. The van der Waals surface area contributed by atoms with Gasteiger partial charge >= 0.3 is 6.61 Å². The number of furan rings is 1. The second-order valence-electron chi connectivity index (χ2n) is 7.13. The van der Waals surface area contributed by atoms with E-state index in [9.17, 15) is 8.78 Å². The Labute approximate surface area is 178 Å². The molecular formula is C21H25F2N3O5. The normalized spacial score (nSPS) is 17.9. The summed E-state index contributed by atoms with van der Waals surface area (Å²) in [6.07, 6.45) is 4.46. The second kappa shape index (κ2) is 10.3. The summed E-state index contributed by atoms with van der Waals surface area (Å²) in [6, 6.07) is 6.76. The van der Waals surface area contributed by atoms with Crippen molar-refractivity contribution in [3.8, 4) is 17.2 Å². The minimum Gasteiger partial charge on any atom is -0.469 e. The molecule has 2 aromatic rings. The number of ether oxygens (including phenoxy) is 4. The summed E-state index contributed by atoms with van der Waals surface area (Å²) in [6.45, 7) is -0.845. The molecule has 2 aliphatic heterocycles. The summed E-state index contributed by atoms with van der Waals surface area (Å²) >= 11 is 0. The first-order valence-corrected chi connectivity index (χ1v) is 10.2. The lowest BCUT2D eigenvalue weighted by molar-refractivity contribution is -0.0505. The molecule has 0 bridgehead atoms. The van der Waals surface area contributed by atoms with Crippen molar-refractivity contribution in [1.29, 1.82) is 0 Å². The van der Waals surface area contributed by atoms with Crippen molar-refractivity contribution in [2.24, 2.45) is 4.99 Å². The van der Waals surface area contributed by atoms with E-state index in [4.69, 9.17) is 18.6 Å². The molecule has 0 spiro atoms. The Balaban J connectivity index is 1.44. The Morgan fingerprint density at radius 2 is 2.10 bits per heavy atom. The van der Waals surface area contributed by atoms with Crippen LogP contribution in [-0.4, -0.2) is 45.2 Å². The summed E-state index contributed by atoms with van der Waals surface area (Å²) in [5.74, 6) is 2.26. The average Bonchev–Trinajstić information content (AvgIpc) is 3.52. The number of rotatable bonds is 9. The highest BCUT2D eigenvalue weighted by Crippen LogP contribution is 2.39. The standard InChI is InChI=1S/C21H25F2N3O5/c22-20(23)31-17-10-19-18(29-13-30-19)9-14(17)11-25-21(26-12-16-4-2-8-28-16)24-6-5-15-3-1-7-27-15/h1,3,7,9-10,16,20H,2,4-6,8,11-13H2,(H2,24,25,26). The Morgan fingerprint density at radius 1 is 1.23 bits per heavy atom. The second-order valence-corrected chi connectivity index (χ2v) is 7.13. The minimum atomic E-state index is -2.95. The van der Waals surface area contributed by atoms with Gasteiger partial charge in [0, 0.05) is 37.7 Å². The van der Waals surface area contributed by atoms with Crippen LogP contribution in [-0.2, 0) is 17.7 Å². The van der Waals surface area contributed by atoms with Gasteiger partial charge in [-0.05, 0) is 31.0 Å². The van der Waals surface area contributed by atoms with Gasteiger partial charge in [-0.2, -0.15) is 8.78 Å². The van der Waals surface area contributed by atoms with Crippen LogP contribution in [0.1, 0.15) is 24.2 Å². The first-order valence-electron chi connectivity index (χ1n) is 10.2. The first kappa shape index (κ1) is 21.2. The van der Waals surface area contributed by atoms with Gasteiger partial charge in [0.05, 0.1) is 18.9 Å². The fraction of sp³-hybridized carbons (Fsp3) is 0.476. The van der Waals surface area contributed by atoms with Crippen molar-refractivity contribution in [2.75, 3.05) is 26.5 Å². The molecule has 1 aromatic carbocycles. The zero-order valence-corrected chi connectivity index (χ0v) is 16.9. The van der Waals surface area contributed by atoms with Crippen LogP contribution in [0.3, 0.4) is 0 Å². The fourth-order valence-electron chi connectivity index (χ4n) is 3.41. The van der Waals surface area contributed by atoms with Crippen LogP contribution >= 0.6 is 0 Å². The summed E-state index contributed by atoms with van der Waals surface area (Å²) in [7, 11) is 0. The number of fused-ring (bicyclic) bond motifs is 1. The molecule has 1 fully saturated rings. The summed E-state index contributed by atoms with van der Waals surface area (Å²) < 4.78 is 52.0. The highest BCUT2D eigenvalue weighted by atomic mass is 19.3. The van der Waals surface area contributed by atoms with E-state index in [-0.39, 0.29) is 25.2 Å². The maximum atomic E-state index is 12.9. The van der Waals surface area contributed by atoms with Gasteiger partial charge < -0.3 is 34.0 Å². The number of hydrogen-bond donors (Lipinski definition) is 2. The highest BCUT2D eigenvalue weighted by molar-refractivity contribution is 5.79. The number of benzene rings is 1. The van der Waals surface area contributed by atoms with Gasteiger partial charge in [0.2, 0.25) is 6.79 Å². The van der Waals surface area contributed by atoms with Crippen LogP contribution in [0.25, 0.3) is 0 Å². The third kappa shape index (κ3) is 6.00. The van der Waals surface area contributed by atoms with Gasteiger partial charge in [0.1, 0.15) is 11.5 Å². The van der Waals surface area contributed by atoms with E-state index in [2.05, 4.69) is 20.4 Å². The molecule has 3 heterocycles. The van der Waals surface area contributed by atoms with E-state index in [1.54, 1.807) is 12.3 Å². The Kier molecular flexibility index (Phi) is 7.08. The number of nitrogens with one attached hydrogen (secondary N) is 2. The van der Waals surface area contributed by atoms with E-state index in [1.807, 2.05) is 12.1 Å². The topological polar surface area (TPSA) is 86.5 Å². The molecule has 168 valence electrons. The predicted molar refractivity (Wildman–Crippen MR) is 108 cm³/mol. The molecule has 2 N–H and O–H groups in total. The molecule has 8 nitrogen and oxygen atoms in total. The molecule has 0 saturated carbocycles. The van der Waals surface area contributed by atoms with E-state index in [1.165, 1.54) is 6.07 Å². The van der Waals surface area contributed by atoms with Crippen molar-refractivity contribution in [3.05, 3.63) is 41.9 Å². The Hall–Kier alpha value is -3.01. The maximum absolute atomic E-state index is 12.9. The molecular weight excluding hydrogens is 412 g/mol. The summed E-state index contributed by atoms with van der Waals surface area (Å²) in [5.41, 5.74) is 0.466. The lowest BCUT2D eigenvalue weighted by atomic mass is 10.1. The van der Waals surface area contributed by atoms with Crippen molar-refractivity contribution in [2.45, 2.75) is 38.5 Å². The third-order valence-corrected chi connectivity index (χ3v) is 4.94. The highest BCUT2D eigenvalue weighted by Gasteiger charge is 2.20. The SMILES string of the molecule is FC(F)Oc1cc2c(cc1CN=C(NCCc1ccco1)NCC1CCCO1)OCO2. The van der Waals surface area contributed by atoms with Crippen LogP contribution in [0.5, 0.6) is 17.2 Å². The number of hydrogen-bond acceptors (Lipinski definition) is 6. The molecule has 1 unspecified atom stereocenters. The molecule has 2 aliphatic rings. The number of alkyl halides is 2. The quantitative estimate of drug-likeness (QED) is 0.461. The van der Waals surface area contributed by atoms with Crippen LogP contribution in [0.4, 0.5) is 8.78 Å². The lowest BCUT2D eigenvalue weighted by Crippen LogP contribution is -2.41. The van der Waals surface area contributed by atoms with Gasteiger partial charge in [-0.1, -0.05) is 0 Å². The third-order valence-electron chi connectivity index (χ3n) is 4.94. The molecule has 4 rings (SSSR count). The first-order chi connectivity index (χ1) is 15.2. The Bertz CT molecular complexity index is 870. The van der Waals surface area contributed by atoms with Gasteiger partial charge in [0.25, 0.3) is 0 Å². The van der Waals surface area contributed by atoms with E-state index in [0.717, 1.165) is 25.2 Å².